The van der Waals surface area contributed by atoms with Crippen molar-refractivity contribution in [3.05, 3.63) is 53.5 Å². The minimum Gasteiger partial charge on any atom is -0.471 e. The number of alkyl halides is 5. The number of nitrogens with one attached hydrogen (secondary N) is 1. The maximum atomic E-state index is 12.8. The lowest BCUT2D eigenvalue weighted by molar-refractivity contribution is -0.290. The second-order valence-electron chi connectivity index (χ2n) is 6.09. The Hall–Kier alpha value is -3.11. The first kappa shape index (κ1) is 22.2. The Kier molecular flexibility index (Phi) is 6.83. The van der Waals surface area contributed by atoms with E-state index in [2.05, 4.69) is 20.0 Å². The van der Waals surface area contributed by atoms with Crippen LogP contribution in [0.5, 0.6) is 5.88 Å². The van der Waals surface area contributed by atoms with Gasteiger partial charge in [0, 0.05) is 42.7 Å². The number of halogens is 5. The molecule has 156 valence electrons. The van der Waals surface area contributed by atoms with Crippen molar-refractivity contribution in [1.29, 1.82) is 0 Å². The Morgan fingerprint density at radius 2 is 1.83 bits per heavy atom. The van der Waals surface area contributed by atoms with Gasteiger partial charge in [0.05, 0.1) is 0 Å². The molecule has 2 heterocycles. The Morgan fingerprint density at radius 3 is 2.41 bits per heavy atom. The van der Waals surface area contributed by atoms with Crippen molar-refractivity contribution in [3.8, 4) is 5.88 Å². The van der Waals surface area contributed by atoms with Crippen LogP contribution in [0, 0.1) is 0 Å². The molecular weight excluding hydrogens is 401 g/mol. The Bertz CT molecular complexity index is 870. The molecule has 1 amide bonds. The quantitative estimate of drug-likeness (QED) is 0.668. The summed E-state index contributed by atoms with van der Waals surface area (Å²) in [6.07, 6.45) is -3.04. The third kappa shape index (κ3) is 6.47. The van der Waals surface area contributed by atoms with Gasteiger partial charge in [-0.1, -0.05) is 6.07 Å². The highest BCUT2D eigenvalue weighted by atomic mass is 19.4. The van der Waals surface area contributed by atoms with E-state index in [1.807, 2.05) is 0 Å². The molecule has 0 aromatic carbocycles. The lowest BCUT2D eigenvalue weighted by Gasteiger charge is -2.19. The second-order valence-corrected chi connectivity index (χ2v) is 6.09. The van der Waals surface area contributed by atoms with Gasteiger partial charge in [-0.3, -0.25) is 14.6 Å². The Balaban J connectivity index is 1.90. The van der Waals surface area contributed by atoms with E-state index in [-0.39, 0.29) is 18.7 Å². The molecule has 0 fully saturated rings. The standard InChI is InChI=1S/C18H16F5N3O3/c1-11(27)6-14-7-13(4-5-24-14)16(28)26-9-12-2-3-15(25-8-12)29-10-17(19,20)18(21,22)23/h2-5,7-8H,6,9-10H2,1H3,(H,26,28). The number of aromatic nitrogens is 2. The Labute approximate surface area is 162 Å². The van der Waals surface area contributed by atoms with Gasteiger partial charge in [-0.25, -0.2) is 4.98 Å². The molecule has 0 bridgehead atoms. The molecule has 0 aliphatic rings. The SMILES string of the molecule is CC(=O)Cc1cc(C(=O)NCc2ccc(OCC(F)(F)C(F)(F)F)nc2)ccn1. The zero-order chi connectivity index (χ0) is 21.7. The molecule has 0 aliphatic carbocycles. The number of Topliss-reactive ketones (excluding diaryl/α,β-unsaturated/α-hetero) is 1. The van der Waals surface area contributed by atoms with Gasteiger partial charge in [0.1, 0.15) is 5.78 Å². The van der Waals surface area contributed by atoms with Crippen LogP contribution in [0.2, 0.25) is 0 Å². The molecule has 0 radical (unpaired) electrons. The summed E-state index contributed by atoms with van der Waals surface area (Å²) in [5.41, 5.74) is 1.20. The topological polar surface area (TPSA) is 81.2 Å². The second kappa shape index (κ2) is 8.93. The van der Waals surface area contributed by atoms with Crippen molar-refractivity contribution in [1.82, 2.24) is 15.3 Å². The number of ether oxygens (including phenoxy) is 1. The number of carbonyl (C=O) groups is 2. The molecule has 2 aromatic heterocycles. The Morgan fingerprint density at radius 1 is 1.10 bits per heavy atom. The number of pyridine rings is 2. The summed E-state index contributed by atoms with van der Waals surface area (Å²) < 4.78 is 66.3. The van der Waals surface area contributed by atoms with E-state index >= 15 is 0 Å². The summed E-state index contributed by atoms with van der Waals surface area (Å²) >= 11 is 0. The molecule has 2 aromatic rings. The molecular formula is C18H16F5N3O3. The highest BCUT2D eigenvalue weighted by molar-refractivity contribution is 5.94. The van der Waals surface area contributed by atoms with E-state index in [0.717, 1.165) is 6.07 Å². The lowest BCUT2D eigenvalue weighted by Crippen LogP contribution is -2.41. The molecule has 2 rings (SSSR count). The van der Waals surface area contributed by atoms with Gasteiger partial charge >= 0.3 is 12.1 Å². The van der Waals surface area contributed by atoms with Crippen LogP contribution in [0.15, 0.2) is 36.7 Å². The van der Waals surface area contributed by atoms with Crippen LogP contribution in [-0.4, -0.2) is 40.4 Å². The summed E-state index contributed by atoms with van der Waals surface area (Å²) in [5, 5.41) is 2.59. The largest absolute Gasteiger partial charge is 0.471 e. The molecule has 11 heteroatoms. The predicted octanol–water partition coefficient (Wildman–Crippen LogP) is 3.11. The van der Waals surface area contributed by atoms with Gasteiger partial charge < -0.3 is 10.1 Å². The maximum Gasteiger partial charge on any atom is 0.456 e. The van der Waals surface area contributed by atoms with Gasteiger partial charge in [-0.05, 0) is 24.6 Å². The van der Waals surface area contributed by atoms with Gasteiger partial charge in [-0.15, -0.1) is 0 Å². The third-order valence-corrected chi connectivity index (χ3v) is 3.58. The molecule has 0 unspecified atom stereocenters. The third-order valence-electron chi connectivity index (χ3n) is 3.58. The van der Waals surface area contributed by atoms with Crippen LogP contribution in [0.1, 0.15) is 28.5 Å². The van der Waals surface area contributed by atoms with E-state index in [9.17, 15) is 31.5 Å². The van der Waals surface area contributed by atoms with Crippen LogP contribution in [0.4, 0.5) is 22.0 Å². The van der Waals surface area contributed by atoms with Crippen LogP contribution in [0.25, 0.3) is 0 Å². The normalized spacial score (nSPS) is 11.8. The van der Waals surface area contributed by atoms with Crippen molar-refractivity contribution >= 4 is 11.7 Å². The fraction of sp³-hybridized carbons (Fsp3) is 0.333. The zero-order valence-electron chi connectivity index (χ0n) is 15.1. The van der Waals surface area contributed by atoms with Gasteiger partial charge in [0.25, 0.3) is 5.91 Å². The monoisotopic (exact) mass is 417 g/mol. The van der Waals surface area contributed by atoms with Crippen molar-refractivity contribution in [2.45, 2.75) is 32.0 Å². The fourth-order valence-electron chi connectivity index (χ4n) is 2.10. The van der Waals surface area contributed by atoms with Crippen LogP contribution in [-0.2, 0) is 17.8 Å². The average molecular weight is 417 g/mol. The number of hydrogen-bond donors (Lipinski definition) is 1. The number of hydrogen-bond acceptors (Lipinski definition) is 5. The molecule has 6 nitrogen and oxygen atoms in total. The maximum absolute atomic E-state index is 12.8. The summed E-state index contributed by atoms with van der Waals surface area (Å²) in [6, 6.07) is 5.43. The highest BCUT2D eigenvalue weighted by Gasteiger charge is 2.58. The molecule has 0 saturated heterocycles. The lowest BCUT2D eigenvalue weighted by atomic mass is 10.1. The molecule has 1 N–H and O–H groups in total. The van der Waals surface area contributed by atoms with Crippen molar-refractivity contribution in [2.24, 2.45) is 0 Å². The smallest absolute Gasteiger partial charge is 0.456 e. The summed E-state index contributed by atoms with van der Waals surface area (Å²) in [4.78, 5) is 30.9. The highest BCUT2D eigenvalue weighted by Crippen LogP contribution is 2.35. The van der Waals surface area contributed by atoms with E-state index in [4.69, 9.17) is 0 Å². The van der Waals surface area contributed by atoms with Gasteiger partial charge in [0.15, 0.2) is 6.61 Å². The predicted molar refractivity (Wildman–Crippen MR) is 90.5 cm³/mol. The van der Waals surface area contributed by atoms with E-state index in [1.165, 1.54) is 37.5 Å². The van der Waals surface area contributed by atoms with Crippen LogP contribution in [0.3, 0.4) is 0 Å². The number of rotatable bonds is 8. The first-order chi connectivity index (χ1) is 13.5. The fourth-order valence-corrected chi connectivity index (χ4v) is 2.10. The minimum absolute atomic E-state index is 0.0230. The summed E-state index contributed by atoms with van der Waals surface area (Å²) in [6.45, 7) is -0.460. The molecule has 0 atom stereocenters. The molecule has 0 aliphatic heterocycles. The number of amides is 1. The van der Waals surface area contributed by atoms with E-state index < -0.39 is 30.5 Å². The zero-order valence-corrected chi connectivity index (χ0v) is 15.1. The average Bonchev–Trinajstić information content (AvgIpc) is 2.64. The summed E-state index contributed by atoms with van der Waals surface area (Å²) in [7, 11) is 0. The first-order valence-electron chi connectivity index (χ1n) is 8.23. The number of carbonyl (C=O) groups excluding carboxylic acids is 2. The van der Waals surface area contributed by atoms with Gasteiger partial charge in [-0.2, -0.15) is 22.0 Å². The minimum atomic E-state index is -5.71. The van der Waals surface area contributed by atoms with Gasteiger partial charge in [0.2, 0.25) is 5.88 Å². The molecule has 29 heavy (non-hydrogen) atoms. The first-order valence-corrected chi connectivity index (χ1v) is 8.23. The number of nitrogens with zero attached hydrogens (tertiary/aromatic N) is 2. The van der Waals surface area contributed by atoms with Crippen molar-refractivity contribution in [2.75, 3.05) is 6.61 Å². The van der Waals surface area contributed by atoms with E-state index in [1.54, 1.807) is 0 Å². The van der Waals surface area contributed by atoms with Crippen molar-refractivity contribution in [3.63, 3.8) is 0 Å². The van der Waals surface area contributed by atoms with Crippen LogP contribution >= 0.6 is 0 Å². The van der Waals surface area contributed by atoms with Crippen LogP contribution < -0.4 is 10.1 Å². The van der Waals surface area contributed by atoms with E-state index in [0.29, 0.717) is 16.8 Å². The number of ketones is 1. The molecule has 0 spiro atoms. The molecule has 0 saturated carbocycles. The van der Waals surface area contributed by atoms with Crippen molar-refractivity contribution < 1.29 is 36.3 Å². The summed E-state index contributed by atoms with van der Waals surface area (Å²) in [5.74, 6) is -5.95.